The number of esters is 1. The molecule has 1 aliphatic rings. The molecule has 0 atom stereocenters. The number of nitrogens with two attached hydrogens (primary N) is 1. The molecule has 0 aliphatic carbocycles. The monoisotopic (exact) mass is 648 g/mol. The van der Waals surface area contributed by atoms with Gasteiger partial charge in [-0.1, -0.05) is 13.0 Å². The van der Waals surface area contributed by atoms with Crippen LogP contribution in [0.2, 0.25) is 0 Å². The van der Waals surface area contributed by atoms with E-state index in [-0.39, 0.29) is 11.4 Å². The van der Waals surface area contributed by atoms with Gasteiger partial charge in [0, 0.05) is 51.1 Å². The Hall–Kier alpha value is -4.06. The number of fused-ring (bicyclic) bond motifs is 3. The molecule has 0 spiro atoms. The second kappa shape index (κ2) is 12.8. The van der Waals surface area contributed by atoms with Crippen LogP contribution in [0.3, 0.4) is 0 Å². The molecule has 0 bridgehead atoms. The lowest BCUT2D eigenvalue weighted by molar-refractivity contribution is 0.0594. The number of benzene rings is 2. The fourth-order valence-corrected chi connectivity index (χ4v) is 6.19. The van der Waals surface area contributed by atoms with Crippen LogP contribution in [0.25, 0.3) is 21.6 Å². The number of methoxy groups -OCH3 is 1. The first-order valence-corrected chi connectivity index (χ1v) is 15.1. The maximum absolute atomic E-state index is 14.0. The van der Waals surface area contributed by atoms with Gasteiger partial charge in [0.05, 0.1) is 19.4 Å². The number of anilines is 1. The Morgan fingerprint density at radius 3 is 2.64 bits per heavy atom. The molecule has 2 aromatic carbocycles. The molecule has 0 saturated carbocycles. The van der Waals surface area contributed by atoms with Crippen molar-refractivity contribution in [3.05, 3.63) is 86.5 Å². The smallest absolute Gasteiger partial charge is 0.357 e. The average Bonchev–Trinajstić information content (AvgIpc) is 3.41. The highest BCUT2D eigenvalue weighted by molar-refractivity contribution is 9.10. The minimum atomic E-state index is -0.738. The van der Waals surface area contributed by atoms with Gasteiger partial charge in [0.15, 0.2) is 5.69 Å². The number of thiophene rings is 1. The normalized spacial score (nSPS) is 11.9. The summed E-state index contributed by atoms with van der Waals surface area (Å²) in [5, 5.41) is 7.77. The summed E-state index contributed by atoms with van der Waals surface area (Å²) in [6, 6.07) is 14.2. The molecule has 0 radical (unpaired) electrons. The maximum Gasteiger partial charge on any atom is 0.357 e. The Labute approximate surface area is 255 Å². The van der Waals surface area contributed by atoms with Crippen molar-refractivity contribution in [3.63, 3.8) is 0 Å². The molecule has 0 unspecified atom stereocenters. The first-order chi connectivity index (χ1) is 20.3. The van der Waals surface area contributed by atoms with E-state index in [1.54, 1.807) is 35.6 Å². The number of rotatable bonds is 8. The number of hydrogen-bond donors (Lipinski definition) is 3. The SMILES string of the molecule is CCCNC(=O)c1ccc(-c2cc3c(cc2C(=O)Nc2ccc(CN)cc2Br)-c2sccc2CCO3)c(C(=O)OC)n1. The molecule has 9 nitrogen and oxygen atoms in total. The molecule has 42 heavy (non-hydrogen) atoms. The van der Waals surface area contributed by atoms with Crippen LogP contribution in [0, 0.1) is 0 Å². The van der Waals surface area contributed by atoms with Crippen molar-refractivity contribution < 1.29 is 23.9 Å². The van der Waals surface area contributed by atoms with Gasteiger partial charge in [-0.25, -0.2) is 9.78 Å². The summed E-state index contributed by atoms with van der Waals surface area (Å²) < 4.78 is 11.9. The molecule has 3 heterocycles. The number of pyridine rings is 1. The minimum absolute atomic E-state index is 0.0664. The molecule has 4 N–H and O–H groups in total. The third-order valence-corrected chi connectivity index (χ3v) is 8.48. The third-order valence-electron chi connectivity index (χ3n) is 6.83. The lowest BCUT2D eigenvalue weighted by atomic mass is 9.93. The molecule has 11 heteroatoms. The third kappa shape index (κ3) is 5.94. The predicted molar refractivity (Wildman–Crippen MR) is 166 cm³/mol. The van der Waals surface area contributed by atoms with Crippen LogP contribution in [0.5, 0.6) is 5.75 Å². The quantitative estimate of drug-likeness (QED) is 0.205. The zero-order valence-corrected chi connectivity index (χ0v) is 25.5. The highest BCUT2D eigenvalue weighted by atomic mass is 79.9. The van der Waals surface area contributed by atoms with Gasteiger partial charge in [-0.05, 0) is 81.3 Å². The van der Waals surface area contributed by atoms with Gasteiger partial charge < -0.3 is 25.8 Å². The molecule has 1 aliphatic heterocycles. The minimum Gasteiger partial charge on any atom is -0.493 e. The highest BCUT2D eigenvalue weighted by Gasteiger charge is 2.27. The number of nitrogens with zero attached hydrogens (tertiary/aromatic N) is 1. The summed E-state index contributed by atoms with van der Waals surface area (Å²) in [5.41, 5.74) is 10.2. The van der Waals surface area contributed by atoms with E-state index in [1.165, 1.54) is 13.2 Å². The number of aromatic nitrogens is 1. The Morgan fingerprint density at radius 1 is 1.07 bits per heavy atom. The summed E-state index contributed by atoms with van der Waals surface area (Å²) in [4.78, 5) is 45.0. The molecule has 5 rings (SSSR count). The van der Waals surface area contributed by atoms with E-state index in [1.807, 2.05) is 24.4 Å². The Bertz CT molecular complexity index is 1690. The van der Waals surface area contributed by atoms with Crippen LogP contribution in [0.1, 0.15) is 55.8 Å². The first kappa shape index (κ1) is 29.4. The van der Waals surface area contributed by atoms with Gasteiger partial charge in [-0.15, -0.1) is 11.3 Å². The standard InChI is InChI=1S/C31H29BrN4O5S/c1-3-10-34-30(38)25-7-5-19(27(35-25)31(39)40-2)20-15-26-22(28-18(8-11-41-26)9-12-42-28)14-21(20)29(37)36-24-6-4-17(16-33)13-23(24)32/h4-7,9,12-15H,3,8,10-11,16,33H2,1-2H3,(H,34,38)(H,36,37). The van der Waals surface area contributed by atoms with Crippen molar-refractivity contribution in [1.82, 2.24) is 10.3 Å². The largest absolute Gasteiger partial charge is 0.493 e. The van der Waals surface area contributed by atoms with E-state index in [0.717, 1.165) is 34.4 Å². The van der Waals surface area contributed by atoms with Crippen LogP contribution in [0.4, 0.5) is 5.69 Å². The topological polar surface area (TPSA) is 133 Å². The first-order valence-electron chi connectivity index (χ1n) is 13.4. The van der Waals surface area contributed by atoms with Crippen LogP contribution < -0.4 is 21.1 Å². The summed E-state index contributed by atoms with van der Waals surface area (Å²) >= 11 is 5.10. The molecule has 2 aromatic heterocycles. The number of hydrogen-bond acceptors (Lipinski definition) is 8. The Morgan fingerprint density at radius 2 is 1.90 bits per heavy atom. The predicted octanol–water partition coefficient (Wildman–Crippen LogP) is 5.81. The van der Waals surface area contributed by atoms with E-state index >= 15 is 0 Å². The van der Waals surface area contributed by atoms with Crippen molar-refractivity contribution in [2.75, 3.05) is 25.6 Å². The van der Waals surface area contributed by atoms with Gasteiger partial charge in [0.25, 0.3) is 11.8 Å². The highest BCUT2D eigenvalue weighted by Crippen LogP contribution is 2.43. The van der Waals surface area contributed by atoms with Gasteiger partial charge in [0.1, 0.15) is 11.4 Å². The van der Waals surface area contributed by atoms with Crippen LogP contribution in [-0.2, 0) is 17.7 Å². The second-order valence-electron chi connectivity index (χ2n) is 9.58. The molecule has 0 saturated heterocycles. The lowest BCUT2D eigenvalue weighted by Crippen LogP contribution is -2.26. The molecule has 216 valence electrons. The van der Waals surface area contributed by atoms with Crippen molar-refractivity contribution in [2.45, 2.75) is 26.3 Å². The van der Waals surface area contributed by atoms with Crippen molar-refractivity contribution >= 4 is 50.7 Å². The summed E-state index contributed by atoms with van der Waals surface area (Å²) in [6.07, 6.45) is 1.47. The second-order valence-corrected chi connectivity index (χ2v) is 11.4. The van der Waals surface area contributed by atoms with Gasteiger partial charge in [0.2, 0.25) is 0 Å². The Balaban J connectivity index is 1.68. The van der Waals surface area contributed by atoms with Crippen molar-refractivity contribution in [1.29, 1.82) is 0 Å². The number of ether oxygens (including phenoxy) is 2. The summed E-state index contributed by atoms with van der Waals surface area (Å²) in [7, 11) is 1.24. The van der Waals surface area contributed by atoms with Crippen LogP contribution in [0.15, 0.2) is 58.4 Å². The zero-order valence-electron chi connectivity index (χ0n) is 23.1. The van der Waals surface area contributed by atoms with Crippen molar-refractivity contribution in [2.24, 2.45) is 5.73 Å². The van der Waals surface area contributed by atoms with E-state index in [2.05, 4.69) is 37.6 Å². The molecule has 4 aromatic rings. The number of nitrogens with one attached hydrogen (secondary N) is 2. The van der Waals surface area contributed by atoms with E-state index in [0.29, 0.717) is 52.3 Å². The molecular formula is C31H29BrN4O5S. The van der Waals surface area contributed by atoms with E-state index in [9.17, 15) is 14.4 Å². The summed E-state index contributed by atoms with van der Waals surface area (Å²) in [5.74, 6) is -0.973. The fourth-order valence-electron chi connectivity index (χ4n) is 4.69. The number of carbonyl (C=O) groups excluding carboxylic acids is 3. The number of amides is 2. The Kier molecular flexibility index (Phi) is 9.00. The molecular weight excluding hydrogens is 620 g/mol. The van der Waals surface area contributed by atoms with E-state index < -0.39 is 17.8 Å². The summed E-state index contributed by atoms with van der Waals surface area (Å²) in [6.45, 7) is 3.23. The lowest BCUT2D eigenvalue weighted by Gasteiger charge is -2.18. The molecule has 0 fully saturated rings. The zero-order chi connectivity index (χ0) is 29.8. The van der Waals surface area contributed by atoms with Gasteiger partial charge in [-0.3, -0.25) is 9.59 Å². The van der Waals surface area contributed by atoms with Crippen LogP contribution >= 0.6 is 27.3 Å². The maximum atomic E-state index is 14.0. The van der Waals surface area contributed by atoms with Crippen molar-refractivity contribution in [3.8, 4) is 27.3 Å². The van der Waals surface area contributed by atoms with E-state index in [4.69, 9.17) is 15.2 Å². The van der Waals surface area contributed by atoms with Gasteiger partial charge >= 0.3 is 5.97 Å². The number of halogens is 1. The average molecular weight is 650 g/mol. The van der Waals surface area contributed by atoms with Gasteiger partial charge in [-0.2, -0.15) is 0 Å². The molecule has 2 amide bonds. The fraction of sp³-hybridized carbons (Fsp3) is 0.226. The van der Waals surface area contributed by atoms with Crippen LogP contribution in [-0.4, -0.2) is 43.0 Å². The number of carbonyl (C=O) groups is 3.